The number of aliphatic hydroxyl groups excluding tert-OH is 1. The van der Waals surface area contributed by atoms with E-state index in [1.165, 1.54) is 44.9 Å². The Morgan fingerprint density at radius 2 is 1.34 bits per heavy atom. The Bertz CT molecular complexity index is 738. The van der Waals surface area contributed by atoms with Gasteiger partial charge in [-0.15, -0.1) is 0 Å². The van der Waals surface area contributed by atoms with E-state index in [0.717, 1.165) is 57.8 Å². The Hall–Kier alpha value is -1.02. The number of phosphoric acid groups is 1. The molecule has 0 aliphatic heterocycles. The summed E-state index contributed by atoms with van der Waals surface area (Å²) in [5.41, 5.74) is 0. The Kier molecular flexibility index (Phi) is 24.8. The SMILES string of the molecule is CCCCC/C=C/C(O)C(COP(=O)([O-])OCC[N+](C)(C)C)NC(=O)CCCCCCC/C=C\CCCCCCC. The zero-order valence-corrected chi connectivity index (χ0v) is 27.9. The number of hydrogen-bond acceptors (Lipinski definition) is 6. The summed E-state index contributed by atoms with van der Waals surface area (Å²) < 4.78 is 22.8. The van der Waals surface area contributed by atoms with Gasteiger partial charge in [0.05, 0.1) is 39.9 Å². The molecule has 3 unspecified atom stereocenters. The first-order chi connectivity index (χ1) is 19.5. The molecule has 3 atom stereocenters. The molecule has 0 rings (SSSR count). The molecule has 0 fully saturated rings. The zero-order valence-electron chi connectivity index (χ0n) is 27.0. The highest BCUT2D eigenvalue weighted by molar-refractivity contribution is 7.45. The third-order valence-corrected chi connectivity index (χ3v) is 7.87. The number of carbonyl (C=O) groups excluding carboxylic acids is 1. The van der Waals surface area contributed by atoms with Crippen LogP contribution in [0.1, 0.15) is 123 Å². The van der Waals surface area contributed by atoms with E-state index in [4.69, 9.17) is 9.05 Å². The molecule has 9 heteroatoms. The third kappa shape index (κ3) is 27.6. The fourth-order valence-electron chi connectivity index (χ4n) is 4.20. The number of phosphoric ester groups is 1. The predicted octanol–water partition coefficient (Wildman–Crippen LogP) is 6.82. The molecule has 0 radical (unpaired) electrons. The van der Waals surface area contributed by atoms with E-state index in [0.29, 0.717) is 17.4 Å². The van der Waals surface area contributed by atoms with Crippen LogP contribution in [0.5, 0.6) is 0 Å². The van der Waals surface area contributed by atoms with Crippen LogP contribution in [-0.4, -0.2) is 68.5 Å². The summed E-state index contributed by atoms with van der Waals surface area (Å²) in [4.78, 5) is 24.8. The van der Waals surface area contributed by atoms with E-state index < -0.39 is 20.0 Å². The van der Waals surface area contributed by atoms with Crippen molar-refractivity contribution in [3.63, 3.8) is 0 Å². The molecule has 41 heavy (non-hydrogen) atoms. The minimum Gasteiger partial charge on any atom is -0.756 e. The van der Waals surface area contributed by atoms with Gasteiger partial charge in [-0.2, -0.15) is 0 Å². The minimum atomic E-state index is -4.56. The van der Waals surface area contributed by atoms with Crippen molar-refractivity contribution in [2.45, 2.75) is 135 Å². The van der Waals surface area contributed by atoms with Crippen LogP contribution in [0.3, 0.4) is 0 Å². The summed E-state index contributed by atoms with van der Waals surface area (Å²) in [6, 6.07) is -0.882. The van der Waals surface area contributed by atoms with Gasteiger partial charge in [0, 0.05) is 6.42 Å². The second kappa shape index (κ2) is 25.5. The van der Waals surface area contributed by atoms with Crippen molar-refractivity contribution >= 4 is 13.7 Å². The molecule has 0 heterocycles. The molecule has 0 saturated heterocycles. The number of nitrogens with one attached hydrogen (secondary N) is 1. The summed E-state index contributed by atoms with van der Waals surface area (Å²) in [6.07, 6.45) is 25.4. The van der Waals surface area contributed by atoms with E-state index in [1.54, 1.807) is 6.08 Å². The van der Waals surface area contributed by atoms with Gasteiger partial charge in [0.1, 0.15) is 13.2 Å². The molecule has 0 bridgehead atoms. The number of nitrogens with zero attached hydrogens (tertiary/aromatic N) is 1. The first-order valence-corrected chi connectivity index (χ1v) is 17.7. The second-order valence-electron chi connectivity index (χ2n) is 12.2. The molecule has 0 aromatic carbocycles. The van der Waals surface area contributed by atoms with Gasteiger partial charge in [0.15, 0.2) is 0 Å². The molecule has 8 nitrogen and oxygen atoms in total. The average Bonchev–Trinajstić information content (AvgIpc) is 2.90. The van der Waals surface area contributed by atoms with Crippen LogP contribution in [-0.2, 0) is 18.4 Å². The molecule has 2 N–H and O–H groups in total. The lowest BCUT2D eigenvalue weighted by atomic mass is 10.1. The predicted molar refractivity (Wildman–Crippen MR) is 168 cm³/mol. The van der Waals surface area contributed by atoms with Gasteiger partial charge >= 0.3 is 0 Å². The number of carbonyl (C=O) groups is 1. The molecule has 0 aliphatic rings. The smallest absolute Gasteiger partial charge is 0.268 e. The second-order valence-corrected chi connectivity index (χ2v) is 13.6. The summed E-state index contributed by atoms with van der Waals surface area (Å²) in [7, 11) is 1.24. The van der Waals surface area contributed by atoms with E-state index in [2.05, 4.69) is 31.3 Å². The first kappa shape index (κ1) is 40.0. The maximum absolute atomic E-state index is 12.6. The molecular formula is C32H63N2O6P. The van der Waals surface area contributed by atoms with Crippen LogP contribution in [0.15, 0.2) is 24.3 Å². The number of quaternary nitrogens is 1. The van der Waals surface area contributed by atoms with Gasteiger partial charge in [0.25, 0.3) is 7.82 Å². The van der Waals surface area contributed by atoms with Crippen molar-refractivity contribution in [3.05, 3.63) is 24.3 Å². The van der Waals surface area contributed by atoms with Crippen LogP contribution in [0.25, 0.3) is 0 Å². The van der Waals surface area contributed by atoms with Crippen LogP contribution >= 0.6 is 7.82 Å². The topological polar surface area (TPSA) is 108 Å². The normalized spacial score (nSPS) is 15.4. The standard InChI is InChI=1S/C32H63N2O6P/c1-6-8-10-12-13-14-15-16-17-18-19-20-22-24-26-32(36)33-30(31(35)25-23-21-11-9-7-2)29-40-41(37,38)39-28-27-34(3,4)5/h15-16,23,25,30-31,35H,6-14,17-22,24,26-29H2,1-5H3,(H-,33,36,37,38)/b16-15-,25-23+. The van der Waals surface area contributed by atoms with E-state index >= 15 is 0 Å². The Morgan fingerprint density at radius 3 is 1.95 bits per heavy atom. The van der Waals surface area contributed by atoms with Crippen LogP contribution in [0.2, 0.25) is 0 Å². The first-order valence-electron chi connectivity index (χ1n) is 16.2. The molecule has 0 spiro atoms. The summed E-state index contributed by atoms with van der Waals surface area (Å²) in [5.74, 6) is -0.217. The molecule has 0 aliphatic carbocycles. The molecule has 0 aromatic heterocycles. The lowest BCUT2D eigenvalue weighted by molar-refractivity contribution is -0.870. The lowest BCUT2D eigenvalue weighted by Gasteiger charge is -2.29. The Labute approximate surface area is 252 Å². The Balaban J connectivity index is 4.45. The average molecular weight is 603 g/mol. The van der Waals surface area contributed by atoms with Crippen molar-refractivity contribution in [3.8, 4) is 0 Å². The zero-order chi connectivity index (χ0) is 30.8. The molecule has 242 valence electrons. The van der Waals surface area contributed by atoms with Gasteiger partial charge in [-0.05, 0) is 44.9 Å². The quantitative estimate of drug-likeness (QED) is 0.0440. The molecule has 0 aromatic rings. The number of allylic oxidation sites excluding steroid dienone is 3. The third-order valence-electron chi connectivity index (χ3n) is 6.91. The van der Waals surface area contributed by atoms with Crippen molar-refractivity contribution in [2.24, 2.45) is 0 Å². The van der Waals surface area contributed by atoms with Crippen LogP contribution < -0.4 is 10.2 Å². The lowest BCUT2D eigenvalue weighted by Crippen LogP contribution is -2.45. The number of rotatable bonds is 28. The Morgan fingerprint density at radius 1 is 0.829 bits per heavy atom. The summed E-state index contributed by atoms with van der Waals surface area (Å²) in [6.45, 7) is 4.47. The maximum atomic E-state index is 12.6. The van der Waals surface area contributed by atoms with Gasteiger partial charge in [0.2, 0.25) is 5.91 Å². The van der Waals surface area contributed by atoms with Gasteiger partial charge in [-0.1, -0.05) is 95.9 Å². The highest BCUT2D eigenvalue weighted by Crippen LogP contribution is 2.38. The van der Waals surface area contributed by atoms with Gasteiger partial charge in [-0.3, -0.25) is 9.36 Å². The van der Waals surface area contributed by atoms with Crippen LogP contribution in [0.4, 0.5) is 0 Å². The highest BCUT2D eigenvalue weighted by atomic mass is 31.2. The summed E-state index contributed by atoms with van der Waals surface area (Å²) in [5, 5.41) is 13.4. The van der Waals surface area contributed by atoms with Crippen molar-refractivity contribution in [1.29, 1.82) is 0 Å². The number of aliphatic hydroxyl groups is 1. The van der Waals surface area contributed by atoms with Gasteiger partial charge in [-0.25, -0.2) is 0 Å². The van der Waals surface area contributed by atoms with E-state index in [9.17, 15) is 19.4 Å². The van der Waals surface area contributed by atoms with Crippen molar-refractivity contribution < 1.29 is 32.9 Å². The number of unbranched alkanes of at least 4 members (excludes halogenated alkanes) is 13. The van der Waals surface area contributed by atoms with E-state index in [1.807, 2.05) is 27.2 Å². The number of likely N-dealkylation sites (N-methyl/N-ethyl adjacent to an activating group) is 1. The largest absolute Gasteiger partial charge is 0.756 e. The van der Waals surface area contributed by atoms with E-state index in [-0.39, 0.29) is 19.1 Å². The monoisotopic (exact) mass is 602 g/mol. The maximum Gasteiger partial charge on any atom is 0.268 e. The van der Waals surface area contributed by atoms with Gasteiger partial charge < -0.3 is 28.8 Å². The summed E-state index contributed by atoms with van der Waals surface area (Å²) >= 11 is 0. The number of amides is 1. The molecule has 0 saturated carbocycles. The fraction of sp³-hybridized carbons (Fsp3) is 0.844. The van der Waals surface area contributed by atoms with Crippen LogP contribution in [0, 0.1) is 0 Å². The van der Waals surface area contributed by atoms with Crippen molar-refractivity contribution in [2.75, 3.05) is 40.9 Å². The molecular weight excluding hydrogens is 539 g/mol. The minimum absolute atomic E-state index is 0.00337. The number of hydrogen-bond donors (Lipinski definition) is 2. The fourth-order valence-corrected chi connectivity index (χ4v) is 4.92. The highest BCUT2D eigenvalue weighted by Gasteiger charge is 2.23. The van der Waals surface area contributed by atoms with Crippen molar-refractivity contribution in [1.82, 2.24) is 5.32 Å². The molecule has 1 amide bonds.